The van der Waals surface area contributed by atoms with Crippen LogP contribution in [-0.2, 0) is 13.1 Å². The SMILES string of the molecule is C=CCNC(=NCc1cccc(C(=O)NCc2ccco2)c1)NCC. The van der Waals surface area contributed by atoms with Crippen LogP contribution in [0.25, 0.3) is 0 Å². The molecule has 0 radical (unpaired) electrons. The highest BCUT2D eigenvalue weighted by atomic mass is 16.3. The van der Waals surface area contributed by atoms with Crippen LogP contribution in [0.5, 0.6) is 0 Å². The summed E-state index contributed by atoms with van der Waals surface area (Å²) in [5.74, 6) is 1.30. The molecule has 0 atom stereocenters. The number of carbonyl (C=O) groups excluding carboxylic acids is 1. The molecule has 0 unspecified atom stereocenters. The molecule has 1 amide bonds. The predicted molar refractivity (Wildman–Crippen MR) is 99.3 cm³/mol. The van der Waals surface area contributed by atoms with Gasteiger partial charge in [0.2, 0.25) is 0 Å². The van der Waals surface area contributed by atoms with E-state index in [1.165, 1.54) is 0 Å². The van der Waals surface area contributed by atoms with Crippen LogP contribution in [0.15, 0.2) is 64.7 Å². The van der Waals surface area contributed by atoms with E-state index in [-0.39, 0.29) is 5.91 Å². The number of nitrogens with zero attached hydrogens (tertiary/aromatic N) is 1. The molecule has 0 saturated carbocycles. The zero-order valence-corrected chi connectivity index (χ0v) is 14.4. The standard InChI is InChI=1S/C19H24N4O2/c1-3-10-21-19(20-4-2)23-13-15-7-5-8-16(12-15)18(24)22-14-17-9-6-11-25-17/h3,5-9,11-12H,1,4,10,13-14H2,2H3,(H,22,24)(H2,20,21,23). The van der Waals surface area contributed by atoms with Crippen molar-refractivity contribution >= 4 is 11.9 Å². The van der Waals surface area contributed by atoms with Crippen LogP contribution in [0.4, 0.5) is 0 Å². The smallest absolute Gasteiger partial charge is 0.251 e. The van der Waals surface area contributed by atoms with Gasteiger partial charge in [-0.1, -0.05) is 18.2 Å². The maximum atomic E-state index is 12.2. The third-order valence-corrected chi connectivity index (χ3v) is 3.37. The Kier molecular flexibility index (Phi) is 7.31. The second kappa shape index (κ2) is 9.97. The molecule has 0 fully saturated rings. The summed E-state index contributed by atoms with van der Waals surface area (Å²) in [5.41, 5.74) is 1.56. The van der Waals surface area contributed by atoms with Crippen LogP contribution < -0.4 is 16.0 Å². The topological polar surface area (TPSA) is 78.7 Å². The molecule has 25 heavy (non-hydrogen) atoms. The molecule has 0 aliphatic rings. The maximum absolute atomic E-state index is 12.2. The fourth-order valence-corrected chi connectivity index (χ4v) is 2.17. The molecule has 0 aliphatic heterocycles. The minimum Gasteiger partial charge on any atom is -0.467 e. The van der Waals surface area contributed by atoms with Crippen LogP contribution in [0, 0.1) is 0 Å². The van der Waals surface area contributed by atoms with Crippen molar-refractivity contribution in [2.75, 3.05) is 13.1 Å². The van der Waals surface area contributed by atoms with Crippen molar-refractivity contribution in [1.82, 2.24) is 16.0 Å². The number of rotatable bonds is 8. The lowest BCUT2D eigenvalue weighted by molar-refractivity contribution is 0.0948. The van der Waals surface area contributed by atoms with Crippen molar-refractivity contribution in [2.45, 2.75) is 20.0 Å². The summed E-state index contributed by atoms with van der Waals surface area (Å²) in [6, 6.07) is 11.1. The summed E-state index contributed by atoms with van der Waals surface area (Å²) in [7, 11) is 0. The first kappa shape index (κ1) is 18.3. The summed E-state index contributed by atoms with van der Waals surface area (Å²) >= 11 is 0. The van der Waals surface area contributed by atoms with Crippen LogP contribution in [0.3, 0.4) is 0 Å². The molecule has 1 aromatic heterocycles. The summed E-state index contributed by atoms with van der Waals surface area (Å²) in [5, 5.41) is 9.14. The fraction of sp³-hybridized carbons (Fsp3) is 0.263. The van der Waals surface area contributed by atoms with Crippen molar-refractivity contribution in [3.05, 3.63) is 72.2 Å². The number of benzene rings is 1. The first-order chi connectivity index (χ1) is 12.2. The molecule has 1 heterocycles. The van der Waals surface area contributed by atoms with E-state index in [4.69, 9.17) is 4.42 Å². The van der Waals surface area contributed by atoms with E-state index in [2.05, 4.69) is 27.5 Å². The lowest BCUT2D eigenvalue weighted by Crippen LogP contribution is -2.37. The molecule has 2 aromatic rings. The number of hydrogen-bond acceptors (Lipinski definition) is 3. The van der Waals surface area contributed by atoms with Crippen molar-refractivity contribution in [2.24, 2.45) is 4.99 Å². The first-order valence-corrected chi connectivity index (χ1v) is 8.25. The van der Waals surface area contributed by atoms with E-state index in [0.29, 0.717) is 25.2 Å². The van der Waals surface area contributed by atoms with Gasteiger partial charge in [0.25, 0.3) is 5.91 Å². The monoisotopic (exact) mass is 340 g/mol. The number of hydrogen-bond donors (Lipinski definition) is 3. The highest BCUT2D eigenvalue weighted by molar-refractivity contribution is 5.94. The maximum Gasteiger partial charge on any atom is 0.251 e. The normalized spacial score (nSPS) is 11.0. The molecule has 0 aliphatic carbocycles. The van der Waals surface area contributed by atoms with Crippen LogP contribution in [0.2, 0.25) is 0 Å². The summed E-state index contributed by atoms with van der Waals surface area (Å²) < 4.78 is 5.21. The number of amides is 1. The fourth-order valence-electron chi connectivity index (χ4n) is 2.17. The molecule has 3 N–H and O–H groups in total. The van der Waals surface area contributed by atoms with Crippen LogP contribution in [0.1, 0.15) is 28.6 Å². The zero-order chi connectivity index (χ0) is 17.9. The lowest BCUT2D eigenvalue weighted by atomic mass is 10.1. The van der Waals surface area contributed by atoms with Gasteiger partial charge in [-0.3, -0.25) is 4.79 Å². The van der Waals surface area contributed by atoms with Gasteiger partial charge in [-0.2, -0.15) is 0 Å². The Morgan fingerprint density at radius 3 is 2.84 bits per heavy atom. The molecule has 1 aromatic carbocycles. The van der Waals surface area contributed by atoms with Gasteiger partial charge in [0.05, 0.1) is 19.4 Å². The second-order valence-corrected chi connectivity index (χ2v) is 5.33. The van der Waals surface area contributed by atoms with E-state index in [9.17, 15) is 4.79 Å². The minimum atomic E-state index is -0.140. The summed E-state index contributed by atoms with van der Waals surface area (Å²) in [6.45, 7) is 7.95. The number of furan rings is 1. The van der Waals surface area contributed by atoms with Crippen molar-refractivity contribution in [3.63, 3.8) is 0 Å². The molecule has 2 rings (SSSR count). The van der Waals surface area contributed by atoms with E-state index in [1.807, 2.05) is 31.2 Å². The summed E-state index contributed by atoms with van der Waals surface area (Å²) in [6.07, 6.45) is 3.36. The van der Waals surface area contributed by atoms with Gasteiger partial charge < -0.3 is 20.4 Å². The quantitative estimate of drug-likeness (QED) is 0.392. The molecular formula is C19H24N4O2. The Morgan fingerprint density at radius 1 is 1.24 bits per heavy atom. The summed E-state index contributed by atoms with van der Waals surface area (Å²) in [4.78, 5) is 16.8. The lowest BCUT2D eigenvalue weighted by Gasteiger charge is -2.10. The number of guanidine groups is 1. The molecule has 0 saturated heterocycles. The third kappa shape index (κ3) is 6.18. The van der Waals surface area contributed by atoms with Gasteiger partial charge >= 0.3 is 0 Å². The van der Waals surface area contributed by atoms with Crippen LogP contribution in [-0.4, -0.2) is 25.0 Å². The average molecular weight is 340 g/mol. The Labute approximate surface area is 148 Å². The molecule has 132 valence electrons. The van der Waals surface area contributed by atoms with Crippen molar-refractivity contribution < 1.29 is 9.21 Å². The van der Waals surface area contributed by atoms with Crippen molar-refractivity contribution in [3.8, 4) is 0 Å². The average Bonchev–Trinajstić information content (AvgIpc) is 3.16. The highest BCUT2D eigenvalue weighted by Crippen LogP contribution is 2.07. The van der Waals surface area contributed by atoms with Gasteiger partial charge in [-0.05, 0) is 36.8 Å². The van der Waals surface area contributed by atoms with E-state index < -0.39 is 0 Å². The largest absolute Gasteiger partial charge is 0.467 e. The first-order valence-electron chi connectivity index (χ1n) is 8.25. The van der Waals surface area contributed by atoms with Gasteiger partial charge in [-0.25, -0.2) is 4.99 Å². The molecule has 6 nitrogen and oxygen atoms in total. The Morgan fingerprint density at radius 2 is 2.12 bits per heavy atom. The van der Waals surface area contributed by atoms with Gasteiger partial charge in [0, 0.05) is 18.7 Å². The number of nitrogens with one attached hydrogen (secondary N) is 3. The van der Waals surface area contributed by atoms with Crippen LogP contribution >= 0.6 is 0 Å². The van der Waals surface area contributed by atoms with E-state index >= 15 is 0 Å². The van der Waals surface area contributed by atoms with Gasteiger partial charge in [-0.15, -0.1) is 6.58 Å². The molecule has 0 spiro atoms. The Bertz CT molecular complexity index is 708. The Hall–Kier alpha value is -3.02. The number of aliphatic imine (C=N–C) groups is 1. The van der Waals surface area contributed by atoms with E-state index in [1.54, 1.807) is 24.5 Å². The molecule has 0 bridgehead atoms. The Balaban J connectivity index is 1.96. The second-order valence-electron chi connectivity index (χ2n) is 5.33. The zero-order valence-electron chi connectivity index (χ0n) is 14.4. The molecule has 6 heteroatoms. The van der Waals surface area contributed by atoms with E-state index in [0.717, 1.165) is 23.8 Å². The predicted octanol–water partition coefficient (Wildman–Crippen LogP) is 2.45. The van der Waals surface area contributed by atoms with Crippen molar-refractivity contribution in [1.29, 1.82) is 0 Å². The third-order valence-electron chi connectivity index (χ3n) is 3.37. The molecular weight excluding hydrogens is 316 g/mol. The number of carbonyl (C=O) groups is 1. The highest BCUT2D eigenvalue weighted by Gasteiger charge is 2.07. The minimum absolute atomic E-state index is 0.140. The van der Waals surface area contributed by atoms with Gasteiger partial charge in [0.1, 0.15) is 5.76 Å². The van der Waals surface area contributed by atoms with Gasteiger partial charge in [0.15, 0.2) is 5.96 Å².